The fourth-order valence-electron chi connectivity index (χ4n) is 2.92. The highest BCUT2D eigenvalue weighted by Crippen LogP contribution is 2.21. The number of rotatable bonds is 6. The molecule has 2 aromatic rings. The minimum atomic E-state index is -3.30. The van der Waals surface area contributed by atoms with E-state index in [0.29, 0.717) is 18.8 Å². The van der Waals surface area contributed by atoms with Crippen LogP contribution in [0.25, 0.3) is 0 Å². The van der Waals surface area contributed by atoms with Crippen molar-refractivity contribution in [2.45, 2.75) is 26.3 Å². The van der Waals surface area contributed by atoms with Crippen LogP contribution in [-0.2, 0) is 29.4 Å². The van der Waals surface area contributed by atoms with E-state index in [0.717, 1.165) is 18.4 Å². The maximum absolute atomic E-state index is 12.5. The molecular weight excluding hydrogens is 322 g/mol. The molecule has 1 aliphatic heterocycles. The van der Waals surface area contributed by atoms with Crippen molar-refractivity contribution in [3.63, 3.8) is 0 Å². The molecule has 0 atom stereocenters. The van der Waals surface area contributed by atoms with E-state index in [9.17, 15) is 8.42 Å². The van der Waals surface area contributed by atoms with Crippen LogP contribution in [-0.4, -0.2) is 31.6 Å². The van der Waals surface area contributed by atoms with Crippen LogP contribution in [0.2, 0.25) is 0 Å². The second-order valence-electron chi connectivity index (χ2n) is 6.01. The van der Waals surface area contributed by atoms with Gasteiger partial charge in [-0.05, 0) is 41.7 Å². The summed E-state index contributed by atoms with van der Waals surface area (Å²) in [5.41, 5.74) is 3.58. The van der Waals surface area contributed by atoms with Gasteiger partial charge in [-0.3, -0.25) is 0 Å². The first-order chi connectivity index (χ1) is 11.6. The third-order valence-corrected chi connectivity index (χ3v) is 6.21. The van der Waals surface area contributed by atoms with Crippen molar-refractivity contribution in [2.75, 3.05) is 18.9 Å². The fourth-order valence-corrected chi connectivity index (χ4v) is 4.18. The molecule has 0 unspecified atom stereocenters. The zero-order chi connectivity index (χ0) is 17.0. The van der Waals surface area contributed by atoms with Gasteiger partial charge in [0.05, 0.1) is 5.75 Å². The maximum Gasteiger partial charge on any atom is 0.217 e. The molecule has 0 spiro atoms. The van der Waals surface area contributed by atoms with Gasteiger partial charge in [-0.2, -0.15) is 4.31 Å². The van der Waals surface area contributed by atoms with Gasteiger partial charge in [0.1, 0.15) is 12.4 Å². The molecule has 0 aromatic heterocycles. The number of aryl methyl sites for hydroxylation is 1. The van der Waals surface area contributed by atoms with Gasteiger partial charge in [-0.15, -0.1) is 0 Å². The molecule has 0 saturated heterocycles. The van der Waals surface area contributed by atoms with E-state index in [2.05, 4.69) is 13.0 Å². The van der Waals surface area contributed by atoms with E-state index in [1.165, 1.54) is 11.1 Å². The Morgan fingerprint density at radius 1 is 1.04 bits per heavy atom. The largest absolute Gasteiger partial charge is 0.492 e. The average molecular weight is 345 g/mol. The Labute approximate surface area is 144 Å². The summed E-state index contributed by atoms with van der Waals surface area (Å²) in [5, 5.41) is 0. The standard InChI is InChI=1S/C19H23NO3S/c1-2-16-7-9-19(10-8-16)23-13-14-24(21,22)20-12-11-17-5-3-4-6-18(17)15-20/h3-10H,2,11-15H2,1H3. The van der Waals surface area contributed by atoms with Crippen LogP contribution >= 0.6 is 0 Å². The Balaban J connectivity index is 1.56. The molecule has 1 heterocycles. The second-order valence-corrected chi connectivity index (χ2v) is 8.10. The number of ether oxygens (including phenoxy) is 1. The lowest BCUT2D eigenvalue weighted by Gasteiger charge is -2.28. The van der Waals surface area contributed by atoms with Gasteiger partial charge in [0.25, 0.3) is 0 Å². The third kappa shape index (κ3) is 3.97. The molecule has 5 heteroatoms. The monoisotopic (exact) mass is 345 g/mol. The quantitative estimate of drug-likeness (QED) is 0.808. The summed E-state index contributed by atoms with van der Waals surface area (Å²) in [6.45, 7) is 3.28. The lowest BCUT2D eigenvalue weighted by Crippen LogP contribution is -2.38. The Bertz CT molecular complexity index is 785. The predicted molar refractivity (Wildman–Crippen MR) is 95.7 cm³/mol. The Morgan fingerprint density at radius 2 is 1.75 bits per heavy atom. The molecular formula is C19H23NO3S. The number of hydrogen-bond acceptors (Lipinski definition) is 3. The van der Waals surface area contributed by atoms with Crippen LogP contribution in [0.15, 0.2) is 48.5 Å². The maximum atomic E-state index is 12.5. The minimum absolute atomic E-state index is 0.00466. The minimum Gasteiger partial charge on any atom is -0.492 e. The average Bonchev–Trinajstić information content (AvgIpc) is 2.62. The summed E-state index contributed by atoms with van der Waals surface area (Å²) in [7, 11) is -3.30. The summed E-state index contributed by atoms with van der Waals surface area (Å²) in [6, 6.07) is 15.8. The lowest BCUT2D eigenvalue weighted by molar-refractivity contribution is 0.331. The highest BCUT2D eigenvalue weighted by Gasteiger charge is 2.26. The second kappa shape index (κ2) is 7.36. The number of hydrogen-bond donors (Lipinski definition) is 0. The number of fused-ring (bicyclic) bond motifs is 1. The Kier molecular flexibility index (Phi) is 5.21. The van der Waals surface area contributed by atoms with Gasteiger partial charge in [0.15, 0.2) is 0 Å². The molecule has 2 aromatic carbocycles. The molecule has 4 nitrogen and oxygen atoms in total. The van der Waals surface area contributed by atoms with Crippen molar-refractivity contribution in [1.82, 2.24) is 4.31 Å². The molecule has 0 radical (unpaired) electrons. The summed E-state index contributed by atoms with van der Waals surface area (Å²) < 4.78 is 32.2. The van der Waals surface area contributed by atoms with Crippen molar-refractivity contribution < 1.29 is 13.2 Å². The van der Waals surface area contributed by atoms with Gasteiger partial charge in [-0.1, -0.05) is 43.3 Å². The van der Waals surface area contributed by atoms with Gasteiger partial charge in [0.2, 0.25) is 10.0 Å². The topological polar surface area (TPSA) is 46.6 Å². The van der Waals surface area contributed by atoms with Crippen LogP contribution in [0.3, 0.4) is 0 Å². The molecule has 0 aliphatic carbocycles. The van der Waals surface area contributed by atoms with Crippen LogP contribution in [0.1, 0.15) is 23.6 Å². The van der Waals surface area contributed by atoms with E-state index in [-0.39, 0.29) is 12.4 Å². The van der Waals surface area contributed by atoms with Crippen molar-refractivity contribution in [1.29, 1.82) is 0 Å². The summed E-state index contributed by atoms with van der Waals surface area (Å²) in [5.74, 6) is 0.719. The van der Waals surface area contributed by atoms with Crippen LogP contribution in [0.4, 0.5) is 0 Å². The highest BCUT2D eigenvalue weighted by molar-refractivity contribution is 7.89. The Morgan fingerprint density at radius 3 is 2.46 bits per heavy atom. The molecule has 0 saturated carbocycles. The normalized spacial score (nSPS) is 15.0. The molecule has 0 amide bonds. The molecule has 0 N–H and O–H groups in total. The highest BCUT2D eigenvalue weighted by atomic mass is 32.2. The molecule has 0 bridgehead atoms. The van der Waals surface area contributed by atoms with E-state index in [1.54, 1.807) is 4.31 Å². The molecule has 3 rings (SSSR count). The smallest absolute Gasteiger partial charge is 0.217 e. The summed E-state index contributed by atoms with van der Waals surface area (Å²) >= 11 is 0. The van der Waals surface area contributed by atoms with Crippen molar-refractivity contribution >= 4 is 10.0 Å². The van der Waals surface area contributed by atoms with Gasteiger partial charge < -0.3 is 4.74 Å². The lowest BCUT2D eigenvalue weighted by atomic mass is 10.0. The van der Waals surface area contributed by atoms with Crippen molar-refractivity contribution in [2.24, 2.45) is 0 Å². The van der Waals surface area contributed by atoms with Gasteiger partial charge in [0, 0.05) is 13.1 Å². The van der Waals surface area contributed by atoms with Crippen LogP contribution < -0.4 is 4.74 Å². The Hall–Kier alpha value is -1.85. The third-order valence-electron chi connectivity index (χ3n) is 4.43. The zero-order valence-electron chi connectivity index (χ0n) is 13.9. The first-order valence-electron chi connectivity index (χ1n) is 8.35. The van der Waals surface area contributed by atoms with Crippen LogP contribution in [0.5, 0.6) is 5.75 Å². The van der Waals surface area contributed by atoms with Gasteiger partial charge in [-0.25, -0.2) is 8.42 Å². The molecule has 0 fully saturated rings. The van der Waals surface area contributed by atoms with Crippen molar-refractivity contribution in [3.05, 3.63) is 65.2 Å². The van der Waals surface area contributed by atoms with E-state index in [1.807, 2.05) is 42.5 Å². The number of benzene rings is 2. The first kappa shape index (κ1) is 17.0. The van der Waals surface area contributed by atoms with Crippen molar-refractivity contribution in [3.8, 4) is 5.75 Å². The fraction of sp³-hybridized carbons (Fsp3) is 0.368. The number of nitrogens with zero attached hydrogens (tertiary/aromatic N) is 1. The molecule has 128 valence electrons. The van der Waals surface area contributed by atoms with Crippen LogP contribution in [0, 0.1) is 0 Å². The summed E-state index contributed by atoms with van der Waals surface area (Å²) in [6.07, 6.45) is 1.75. The first-order valence-corrected chi connectivity index (χ1v) is 9.96. The summed E-state index contributed by atoms with van der Waals surface area (Å²) in [4.78, 5) is 0. The van der Waals surface area contributed by atoms with E-state index < -0.39 is 10.0 Å². The van der Waals surface area contributed by atoms with E-state index >= 15 is 0 Å². The SMILES string of the molecule is CCc1ccc(OCCS(=O)(=O)N2CCc3ccccc3C2)cc1. The van der Waals surface area contributed by atoms with Gasteiger partial charge >= 0.3 is 0 Å². The molecule has 24 heavy (non-hydrogen) atoms. The van der Waals surface area contributed by atoms with E-state index in [4.69, 9.17) is 4.74 Å². The zero-order valence-corrected chi connectivity index (χ0v) is 14.8. The number of sulfonamides is 1. The predicted octanol–water partition coefficient (Wildman–Crippen LogP) is 3.02. The molecule has 1 aliphatic rings.